The fraction of sp³-hybridized carbons (Fsp3) is 0.353. The molecule has 0 spiro atoms. The number of hydrogen-bond acceptors (Lipinski definition) is 6. The molecule has 214 valence electrons. The molecule has 1 atom stereocenters. The monoisotopic (exact) mass is 554 g/mol. The summed E-state index contributed by atoms with van der Waals surface area (Å²) in [6.45, 7) is 11.3. The molecule has 0 fully saturated rings. The SMILES string of the molecule is C#CCOc1ccc(C2c3cc(CC(=O)OC(C)(C)C)ccc3-c3ccc(NC(=O)OC(C)(C)C)cc3N2C)cc1. The van der Waals surface area contributed by atoms with Crippen LogP contribution < -0.4 is 15.0 Å². The van der Waals surface area contributed by atoms with Gasteiger partial charge in [0.1, 0.15) is 23.6 Å². The molecule has 1 unspecified atom stereocenters. The Balaban J connectivity index is 1.75. The maximum absolute atomic E-state index is 12.6. The van der Waals surface area contributed by atoms with E-state index in [0.717, 1.165) is 33.5 Å². The lowest BCUT2D eigenvalue weighted by Crippen LogP contribution is -2.30. The van der Waals surface area contributed by atoms with Crippen LogP contribution in [0.25, 0.3) is 11.1 Å². The van der Waals surface area contributed by atoms with Crippen LogP contribution in [0.1, 0.15) is 64.3 Å². The lowest BCUT2D eigenvalue weighted by Gasteiger charge is -2.38. The highest BCUT2D eigenvalue weighted by Gasteiger charge is 2.31. The number of fused-ring (bicyclic) bond motifs is 3. The molecule has 4 rings (SSSR count). The number of anilines is 2. The highest BCUT2D eigenvalue weighted by atomic mass is 16.6. The molecule has 1 aliphatic rings. The van der Waals surface area contributed by atoms with Gasteiger partial charge in [0.25, 0.3) is 0 Å². The number of esters is 1. The van der Waals surface area contributed by atoms with Gasteiger partial charge >= 0.3 is 12.1 Å². The number of carbonyl (C=O) groups is 2. The van der Waals surface area contributed by atoms with Gasteiger partial charge in [-0.05, 0) is 88.1 Å². The van der Waals surface area contributed by atoms with E-state index in [1.807, 2.05) is 97.1 Å². The standard InChI is InChI=1S/C34H38N2O5/c1-9-18-39-25-14-11-23(12-15-25)31-28-19-22(20-30(37)40-33(2,3)4)10-16-26(28)27-17-13-24(21-29(27)36(31)8)35-32(38)41-34(5,6)7/h1,10-17,19,21,31H,18,20H2,2-8H3,(H,35,38). The first-order valence-electron chi connectivity index (χ1n) is 13.6. The minimum absolute atomic E-state index is 0.172. The van der Waals surface area contributed by atoms with E-state index in [0.29, 0.717) is 11.4 Å². The molecular weight excluding hydrogens is 516 g/mol. The number of rotatable bonds is 6. The number of amides is 1. The lowest BCUT2D eigenvalue weighted by molar-refractivity contribution is -0.153. The molecule has 0 aromatic heterocycles. The van der Waals surface area contributed by atoms with Gasteiger partial charge in [-0.15, -0.1) is 6.42 Å². The largest absolute Gasteiger partial charge is 0.481 e. The number of hydrogen-bond donors (Lipinski definition) is 1. The summed E-state index contributed by atoms with van der Waals surface area (Å²) in [6, 6.07) is 19.6. The average Bonchev–Trinajstić information content (AvgIpc) is 2.86. The summed E-state index contributed by atoms with van der Waals surface area (Å²) in [5, 5.41) is 2.85. The first kappa shape index (κ1) is 29.5. The molecule has 3 aromatic carbocycles. The Morgan fingerprint density at radius 2 is 1.56 bits per heavy atom. The fourth-order valence-electron chi connectivity index (χ4n) is 4.91. The molecule has 41 heavy (non-hydrogen) atoms. The molecule has 0 radical (unpaired) electrons. The van der Waals surface area contributed by atoms with E-state index >= 15 is 0 Å². The van der Waals surface area contributed by atoms with E-state index < -0.39 is 17.3 Å². The number of ether oxygens (including phenoxy) is 3. The highest BCUT2D eigenvalue weighted by Crippen LogP contribution is 2.47. The van der Waals surface area contributed by atoms with Crippen molar-refractivity contribution in [3.63, 3.8) is 0 Å². The van der Waals surface area contributed by atoms with E-state index in [2.05, 4.69) is 28.3 Å². The van der Waals surface area contributed by atoms with Crippen LogP contribution in [0, 0.1) is 12.3 Å². The van der Waals surface area contributed by atoms with Crippen LogP contribution >= 0.6 is 0 Å². The third kappa shape index (κ3) is 7.40. The molecule has 1 amide bonds. The summed E-state index contributed by atoms with van der Waals surface area (Å²) >= 11 is 0. The van der Waals surface area contributed by atoms with Gasteiger partial charge in [0.05, 0.1) is 12.5 Å². The minimum Gasteiger partial charge on any atom is -0.481 e. The molecule has 7 nitrogen and oxygen atoms in total. The van der Waals surface area contributed by atoms with Crippen molar-refractivity contribution in [1.29, 1.82) is 0 Å². The molecule has 1 N–H and O–H groups in total. The maximum atomic E-state index is 12.6. The summed E-state index contributed by atoms with van der Waals surface area (Å²) in [7, 11) is 2.02. The van der Waals surface area contributed by atoms with Crippen molar-refractivity contribution in [1.82, 2.24) is 0 Å². The minimum atomic E-state index is -0.605. The van der Waals surface area contributed by atoms with Crippen LogP contribution in [-0.4, -0.2) is 36.9 Å². The normalized spacial score (nSPS) is 14.3. The van der Waals surface area contributed by atoms with Crippen LogP contribution in [0.3, 0.4) is 0 Å². The maximum Gasteiger partial charge on any atom is 0.412 e. The number of nitrogens with one attached hydrogen (secondary N) is 1. The quantitative estimate of drug-likeness (QED) is 0.258. The topological polar surface area (TPSA) is 77.1 Å². The van der Waals surface area contributed by atoms with Crippen molar-refractivity contribution in [2.24, 2.45) is 0 Å². The number of terminal acetylenes is 1. The molecule has 0 bridgehead atoms. The van der Waals surface area contributed by atoms with Crippen molar-refractivity contribution in [2.45, 2.75) is 65.2 Å². The Bertz CT molecular complexity index is 1470. The van der Waals surface area contributed by atoms with Crippen LogP contribution in [-0.2, 0) is 20.7 Å². The van der Waals surface area contributed by atoms with Crippen molar-refractivity contribution in [3.05, 3.63) is 77.4 Å². The van der Waals surface area contributed by atoms with Gasteiger partial charge in [-0.1, -0.05) is 42.3 Å². The highest BCUT2D eigenvalue weighted by molar-refractivity contribution is 5.91. The number of benzene rings is 3. The Labute approximate surface area is 242 Å². The third-order valence-corrected chi connectivity index (χ3v) is 6.40. The zero-order valence-electron chi connectivity index (χ0n) is 24.8. The summed E-state index contributed by atoms with van der Waals surface area (Å²) in [6.07, 6.45) is 5.01. The zero-order valence-corrected chi connectivity index (χ0v) is 24.8. The van der Waals surface area contributed by atoms with Gasteiger partial charge in [-0.2, -0.15) is 0 Å². The number of nitrogens with zero attached hydrogens (tertiary/aromatic N) is 1. The Morgan fingerprint density at radius 3 is 2.20 bits per heavy atom. The second kappa shape index (κ2) is 11.6. The molecule has 0 saturated carbocycles. The van der Waals surface area contributed by atoms with Gasteiger partial charge in [-0.3, -0.25) is 10.1 Å². The van der Waals surface area contributed by atoms with E-state index in [1.165, 1.54) is 0 Å². The Hall–Kier alpha value is -4.44. The fourth-order valence-corrected chi connectivity index (χ4v) is 4.91. The van der Waals surface area contributed by atoms with Crippen LogP contribution in [0.5, 0.6) is 5.75 Å². The van der Waals surface area contributed by atoms with E-state index in [-0.39, 0.29) is 25.0 Å². The Morgan fingerprint density at radius 1 is 0.902 bits per heavy atom. The van der Waals surface area contributed by atoms with Crippen LogP contribution in [0.15, 0.2) is 60.7 Å². The van der Waals surface area contributed by atoms with Gasteiger partial charge in [-0.25, -0.2) is 4.79 Å². The second-order valence-corrected chi connectivity index (χ2v) is 12.1. The average molecular weight is 555 g/mol. The van der Waals surface area contributed by atoms with Crippen molar-refractivity contribution in [3.8, 4) is 29.2 Å². The molecule has 3 aromatic rings. The van der Waals surface area contributed by atoms with E-state index in [9.17, 15) is 9.59 Å². The van der Waals surface area contributed by atoms with Crippen molar-refractivity contribution >= 4 is 23.4 Å². The Kier molecular flexibility index (Phi) is 8.34. The summed E-state index contributed by atoms with van der Waals surface area (Å²) in [5.41, 5.74) is 5.46. The van der Waals surface area contributed by atoms with Gasteiger partial charge in [0.15, 0.2) is 0 Å². The summed E-state index contributed by atoms with van der Waals surface area (Å²) < 4.78 is 16.6. The van der Waals surface area contributed by atoms with Gasteiger partial charge in [0, 0.05) is 24.0 Å². The third-order valence-electron chi connectivity index (χ3n) is 6.40. The molecular formula is C34H38N2O5. The predicted molar refractivity (Wildman–Crippen MR) is 162 cm³/mol. The molecule has 1 heterocycles. The van der Waals surface area contributed by atoms with Gasteiger partial charge in [0.2, 0.25) is 0 Å². The number of carbonyl (C=O) groups excluding carboxylic acids is 2. The second-order valence-electron chi connectivity index (χ2n) is 12.1. The van der Waals surface area contributed by atoms with Crippen LogP contribution in [0.4, 0.5) is 16.2 Å². The first-order chi connectivity index (χ1) is 19.2. The van der Waals surface area contributed by atoms with E-state index in [4.69, 9.17) is 20.6 Å². The van der Waals surface area contributed by atoms with Crippen LogP contribution in [0.2, 0.25) is 0 Å². The van der Waals surface area contributed by atoms with Crippen molar-refractivity contribution in [2.75, 3.05) is 23.9 Å². The molecule has 1 aliphatic heterocycles. The summed E-state index contributed by atoms with van der Waals surface area (Å²) in [5.74, 6) is 2.90. The predicted octanol–water partition coefficient (Wildman–Crippen LogP) is 7.14. The summed E-state index contributed by atoms with van der Waals surface area (Å²) in [4.78, 5) is 27.3. The zero-order chi connectivity index (χ0) is 29.9. The van der Waals surface area contributed by atoms with Crippen molar-refractivity contribution < 1.29 is 23.8 Å². The smallest absolute Gasteiger partial charge is 0.412 e. The van der Waals surface area contributed by atoms with E-state index in [1.54, 1.807) is 0 Å². The van der Waals surface area contributed by atoms with Gasteiger partial charge < -0.3 is 19.1 Å². The molecule has 0 saturated heterocycles. The molecule has 0 aliphatic carbocycles. The lowest BCUT2D eigenvalue weighted by atomic mass is 9.84. The molecule has 7 heteroatoms. The first-order valence-corrected chi connectivity index (χ1v) is 13.6.